The number of guanidine groups is 1. The second kappa shape index (κ2) is 9.72. The van der Waals surface area contributed by atoms with Crippen molar-refractivity contribution in [1.82, 2.24) is 24.8 Å². The highest BCUT2D eigenvalue weighted by molar-refractivity contribution is 5.80. The zero-order valence-corrected chi connectivity index (χ0v) is 17.6. The van der Waals surface area contributed by atoms with E-state index in [2.05, 4.69) is 20.4 Å². The number of nitrogens with one attached hydrogen (secondary N) is 1. The molecule has 4 rings (SSSR count). The van der Waals surface area contributed by atoms with Crippen molar-refractivity contribution in [2.24, 2.45) is 4.99 Å². The molecule has 164 valence electrons. The van der Waals surface area contributed by atoms with E-state index in [1.807, 2.05) is 40.6 Å². The van der Waals surface area contributed by atoms with Gasteiger partial charge in [0.2, 0.25) is 0 Å². The number of hydrogen-bond donors (Lipinski definition) is 1. The van der Waals surface area contributed by atoms with Crippen molar-refractivity contribution < 1.29 is 8.78 Å². The van der Waals surface area contributed by atoms with Crippen LogP contribution in [0.4, 0.5) is 14.5 Å². The first kappa shape index (κ1) is 21.0. The van der Waals surface area contributed by atoms with Crippen LogP contribution in [0.2, 0.25) is 0 Å². The van der Waals surface area contributed by atoms with Gasteiger partial charge in [0.25, 0.3) is 0 Å². The molecule has 0 unspecified atom stereocenters. The van der Waals surface area contributed by atoms with Crippen LogP contribution in [0.1, 0.15) is 19.2 Å². The van der Waals surface area contributed by atoms with Gasteiger partial charge < -0.3 is 15.1 Å². The smallest absolute Gasteiger partial charge is 0.194 e. The number of benzene rings is 1. The van der Waals surface area contributed by atoms with Crippen molar-refractivity contribution in [2.75, 3.05) is 44.2 Å². The minimum Gasteiger partial charge on any atom is -0.366 e. The average Bonchev–Trinajstić information content (AvgIpc) is 3.21. The number of hydrogen-bond acceptors (Lipinski definition) is 4. The van der Waals surface area contributed by atoms with Crippen LogP contribution in [-0.4, -0.2) is 64.7 Å². The molecule has 0 aliphatic carbocycles. The molecule has 0 bridgehead atoms. The maximum absolute atomic E-state index is 14.1. The van der Waals surface area contributed by atoms with Gasteiger partial charge in [-0.2, -0.15) is 0 Å². The molecule has 3 aromatic rings. The molecule has 0 saturated carbocycles. The summed E-state index contributed by atoms with van der Waals surface area (Å²) in [6, 6.07) is 9.44. The van der Waals surface area contributed by atoms with E-state index in [1.54, 1.807) is 0 Å². The molecule has 0 radical (unpaired) electrons. The van der Waals surface area contributed by atoms with Crippen molar-refractivity contribution in [2.45, 2.75) is 19.8 Å². The topological polar surface area (TPSA) is 61.1 Å². The lowest BCUT2D eigenvalue weighted by Crippen LogP contribution is -2.52. The third kappa shape index (κ3) is 4.92. The summed E-state index contributed by atoms with van der Waals surface area (Å²) in [4.78, 5) is 8.82. The van der Waals surface area contributed by atoms with E-state index in [9.17, 15) is 8.78 Å². The van der Waals surface area contributed by atoms with Gasteiger partial charge in [-0.3, -0.25) is 9.39 Å². The fraction of sp³-hybridized carbons (Fsp3) is 0.409. The van der Waals surface area contributed by atoms with Gasteiger partial charge in [-0.15, -0.1) is 10.2 Å². The van der Waals surface area contributed by atoms with Crippen molar-refractivity contribution in [3.63, 3.8) is 0 Å². The number of anilines is 1. The molecule has 1 saturated heterocycles. The van der Waals surface area contributed by atoms with E-state index in [0.717, 1.165) is 42.9 Å². The Morgan fingerprint density at radius 3 is 2.74 bits per heavy atom. The quantitative estimate of drug-likeness (QED) is 0.372. The summed E-state index contributed by atoms with van der Waals surface area (Å²) < 4.78 is 29.6. The Hall–Kier alpha value is -3.23. The molecule has 1 fully saturated rings. The predicted octanol–water partition coefficient (Wildman–Crippen LogP) is 2.73. The van der Waals surface area contributed by atoms with Crippen LogP contribution >= 0.6 is 0 Å². The molecule has 1 N–H and O–H groups in total. The maximum atomic E-state index is 14.1. The van der Waals surface area contributed by atoms with Gasteiger partial charge >= 0.3 is 0 Å². The number of piperazine rings is 1. The van der Waals surface area contributed by atoms with Crippen molar-refractivity contribution in [1.29, 1.82) is 0 Å². The van der Waals surface area contributed by atoms with E-state index >= 15 is 0 Å². The number of aliphatic imine (C=N–C) groups is 1. The van der Waals surface area contributed by atoms with Gasteiger partial charge in [-0.25, -0.2) is 8.78 Å². The number of halogens is 2. The van der Waals surface area contributed by atoms with Crippen molar-refractivity contribution >= 4 is 17.3 Å². The van der Waals surface area contributed by atoms with Gasteiger partial charge in [0.1, 0.15) is 17.5 Å². The Balaban J connectivity index is 1.33. The molecule has 3 heterocycles. The number of fused-ring (bicyclic) bond motifs is 1. The molecule has 1 aliphatic heterocycles. The van der Waals surface area contributed by atoms with E-state index in [0.29, 0.717) is 38.4 Å². The van der Waals surface area contributed by atoms with Crippen molar-refractivity contribution in [3.8, 4) is 0 Å². The third-order valence-electron chi connectivity index (χ3n) is 5.37. The lowest BCUT2D eigenvalue weighted by atomic mass is 10.2. The molecule has 31 heavy (non-hydrogen) atoms. The fourth-order valence-electron chi connectivity index (χ4n) is 3.80. The highest BCUT2D eigenvalue weighted by Crippen LogP contribution is 2.22. The molecule has 0 spiro atoms. The molecule has 0 atom stereocenters. The Bertz CT molecular complexity index is 1040. The maximum Gasteiger partial charge on any atom is 0.194 e. The van der Waals surface area contributed by atoms with Gasteiger partial charge in [0.05, 0.1) is 5.69 Å². The Kier molecular flexibility index (Phi) is 6.59. The fourth-order valence-corrected chi connectivity index (χ4v) is 3.80. The van der Waals surface area contributed by atoms with Crippen LogP contribution in [0.3, 0.4) is 0 Å². The highest BCUT2D eigenvalue weighted by Gasteiger charge is 2.22. The minimum atomic E-state index is -0.422. The summed E-state index contributed by atoms with van der Waals surface area (Å²) in [6.07, 6.45) is 3.62. The summed E-state index contributed by atoms with van der Waals surface area (Å²) in [7, 11) is 0. The van der Waals surface area contributed by atoms with E-state index < -0.39 is 11.6 Å². The molecular formula is C22H27F2N7. The summed E-state index contributed by atoms with van der Waals surface area (Å²) in [5, 5.41) is 11.8. The number of aromatic nitrogens is 3. The zero-order chi connectivity index (χ0) is 21.6. The second-order valence-electron chi connectivity index (χ2n) is 7.45. The molecule has 1 aliphatic rings. The zero-order valence-electron chi connectivity index (χ0n) is 17.6. The van der Waals surface area contributed by atoms with Gasteiger partial charge in [0.15, 0.2) is 11.6 Å². The summed E-state index contributed by atoms with van der Waals surface area (Å²) in [5.41, 5.74) is 1.17. The molecule has 9 heteroatoms. The van der Waals surface area contributed by atoms with Crippen LogP contribution in [0.5, 0.6) is 0 Å². The Morgan fingerprint density at radius 1 is 1.10 bits per heavy atom. The number of pyridine rings is 1. The first-order valence-electron chi connectivity index (χ1n) is 10.7. The van der Waals surface area contributed by atoms with Gasteiger partial charge in [-0.05, 0) is 37.6 Å². The van der Waals surface area contributed by atoms with Gasteiger partial charge in [-0.1, -0.05) is 6.07 Å². The van der Waals surface area contributed by atoms with E-state index in [4.69, 9.17) is 4.99 Å². The number of aryl methyl sites for hydroxylation is 1. The minimum absolute atomic E-state index is 0.321. The molecule has 1 aromatic carbocycles. The second-order valence-corrected chi connectivity index (χ2v) is 7.45. The largest absolute Gasteiger partial charge is 0.366 e. The van der Waals surface area contributed by atoms with E-state index in [1.165, 1.54) is 12.1 Å². The lowest BCUT2D eigenvalue weighted by molar-refractivity contribution is 0.370. The molecule has 2 aromatic heterocycles. The van der Waals surface area contributed by atoms with Crippen LogP contribution in [-0.2, 0) is 6.42 Å². The van der Waals surface area contributed by atoms with E-state index in [-0.39, 0.29) is 0 Å². The molecule has 7 nitrogen and oxygen atoms in total. The first-order chi connectivity index (χ1) is 15.2. The predicted molar refractivity (Wildman–Crippen MR) is 117 cm³/mol. The monoisotopic (exact) mass is 427 g/mol. The summed E-state index contributed by atoms with van der Waals surface area (Å²) >= 11 is 0. The summed E-state index contributed by atoms with van der Waals surface area (Å²) in [6.45, 7) is 6.08. The highest BCUT2D eigenvalue weighted by atomic mass is 19.1. The summed E-state index contributed by atoms with van der Waals surface area (Å²) in [5.74, 6) is 0.972. The number of nitrogens with zero attached hydrogens (tertiary/aromatic N) is 6. The standard InChI is InChI=1S/C22H27F2N7/c1-2-25-22(26-10-5-7-21-28-27-20-6-3-4-11-31(20)21)30-14-12-29(13-15-30)19-16-17(23)8-9-18(19)24/h3-4,6,8-9,11,16H,2,5,7,10,12-15H2,1H3,(H,25,26). The van der Waals surface area contributed by atoms with Crippen molar-refractivity contribution in [3.05, 3.63) is 60.1 Å². The van der Waals surface area contributed by atoms with Crippen LogP contribution < -0.4 is 10.2 Å². The van der Waals surface area contributed by atoms with Crippen LogP contribution in [0.15, 0.2) is 47.6 Å². The average molecular weight is 428 g/mol. The third-order valence-corrected chi connectivity index (χ3v) is 5.37. The lowest BCUT2D eigenvalue weighted by Gasteiger charge is -2.37. The SMILES string of the molecule is CCNC(=NCCCc1nnc2ccccn12)N1CCN(c2cc(F)ccc2F)CC1. The Labute approximate surface area is 180 Å². The Morgan fingerprint density at radius 2 is 1.94 bits per heavy atom. The first-order valence-corrected chi connectivity index (χ1v) is 10.7. The molecular weight excluding hydrogens is 400 g/mol. The molecule has 0 amide bonds. The van der Waals surface area contributed by atoms with Crippen LogP contribution in [0, 0.1) is 11.6 Å². The normalized spacial score (nSPS) is 15.0. The van der Waals surface area contributed by atoms with Gasteiger partial charge in [0, 0.05) is 58.0 Å². The number of rotatable bonds is 6. The van der Waals surface area contributed by atoms with Crippen LogP contribution in [0.25, 0.3) is 5.65 Å².